The molecule has 0 amide bonds. The van der Waals surface area contributed by atoms with Gasteiger partial charge in [0.15, 0.2) is 0 Å². The van der Waals surface area contributed by atoms with Crippen LogP contribution in [0.25, 0.3) is 11.1 Å². The Balaban J connectivity index is 1.95. The number of hydrogen-bond donors (Lipinski definition) is 2. The molecular formula is C21H18ClFN4O3. The molecule has 0 spiro atoms. The lowest BCUT2D eigenvalue weighted by Crippen LogP contribution is -2.36. The molecule has 0 radical (unpaired) electrons. The van der Waals surface area contributed by atoms with Crippen molar-refractivity contribution in [2.24, 2.45) is 0 Å². The molecule has 1 aromatic carbocycles. The highest BCUT2D eigenvalue weighted by Gasteiger charge is 2.24. The zero-order chi connectivity index (χ0) is 21.4. The number of nitrogens with zero attached hydrogens (tertiary/aromatic N) is 3. The summed E-state index contributed by atoms with van der Waals surface area (Å²) < 4.78 is 16.1. The summed E-state index contributed by atoms with van der Waals surface area (Å²) in [6, 6.07) is 7.11. The number of benzene rings is 1. The molecule has 0 saturated heterocycles. The molecule has 3 heterocycles. The average molecular weight is 429 g/mol. The van der Waals surface area contributed by atoms with E-state index in [1.165, 1.54) is 42.7 Å². The zero-order valence-electron chi connectivity index (χ0n) is 16.0. The predicted octanol–water partition coefficient (Wildman–Crippen LogP) is 3.98. The van der Waals surface area contributed by atoms with E-state index in [0.717, 1.165) is 13.0 Å². The van der Waals surface area contributed by atoms with Crippen LogP contribution in [0.15, 0.2) is 47.5 Å². The molecule has 0 aliphatic carbocycles. The average Bonchev–Trinajstić information content (AvgIpc) is 2.72. The van der Waals surface area contributed by atoms with Gasteiger partial charge in [0, 0.05) is 43.1 Å². The lowest BCUT2D eigenvalue weighted by molar-refractivity contribution is 0.0697. The van der Waals surface area contributed by atoms with Crippen LogP contribution in [0.1, 0.15) is 16.8 Å². The van der Waals surface area contributed by atoms with Crippen molar-refractivity contribution in [3.05, 3.63) is 69.5 Å². The maximum absolute atomic E-state index is 14.5. The molecule has 30 heavy (non-hydrogen) atoms. The Hall–Kier alpha value is -3.39. The largest absolute Gasteiger partial charge is 0.478 e. The van der Waals surface area contributed by atoms with Gasteiger partial charge in [-0.2, -0.15) is 0 Å². The Kier molecular flexibility index (Phi) is 5.17. The maximum Gasteiger partial charge on any atom is 0.339 e. The molecule has 0 bridgehead atoms. The Bertz CT molecular complexity index is 1210. The van der Waals surface area contributed by atoms with Gasteiger partial charge in [0.1, 0.15) is 17.2 Å². The molecule has 0 unspecified atom stereocenters. The Morgan fingerprint density at radius 1 is 1.20 bits per heavy atom. The van der Waals surface area contributed by atoms with E-state index in [9.17, 15) is 19.1 Å². The standard InChI is InChI=1S/C21H18ClFN4O3/c1-26-7-2-8-27-19(26)18(25-17-5-6-24-11-15(17)21(29)30)10-14(20(27)28)13-9-12(22)3-4-16(13)23/h3-6,9-11H,2,7-8H2,1H3,(H,24,25)(H,29,30). The molecule has 0 saturated carbocycles. The van der Waals surface area contributed by atoms with Crippen molar-refractivity contribution in [2.45, 2.75) is 13.0 Å². The first-order valence-electron chi connectivity index (χ1n) is 9.25. The quantitative estimate of drug-likeness (QED) is 0.653. The van der Waals surface area contributed by atoms with Crippen LogP contribution in [0.4, 0.5) is 21.6 Å². The summed E-state index contributed by atoms with van der Waals surface area (Å²) in [5.41, 5.74) is 0.679. The number of carbonyl (C=O) groups is 1. The summed E-state index contributed by atoms with van der Waals surface area (Å²) in [6.07, 6.45) is 3.46. The van der Waals surface area contributed by atoms with Crippen LogP contribution in [-0.4, -0.2) is 34.2 Å². The Morgan fingerprint density at radius 2 is 2.00 bits per heavy atom. The maximum atomic E-state index is 14.5. The number of fused-ring (bicyclic) bond motifs is 1. The molecule has 4 rings (SSSR count). The van der Waals surface area contributed by atoms with E-state index in [1.54, 1.807) is 4.57 Å². The third kappa shape index (κ3) is 3.50. The summed E-state index contributed by atoms with van der Waals surface area (Å²) in [7, 11) is 1.85. The van der Waals surface area contributed by atoms with E-state index in [1.807, 2.05) is 11.9 Å². The van der Waals surface area contributed by atoms with Crippen LogP contribution in [0, 0.1) is 5.82 Å². The minimum absolute atomic E-state index is 0.0172. The first-order valence-corrected chi connectivity index (χ1v) is 9.63. The number of nitrogens with one attached hydrogen (secondary N) is 1. The Morgan fingerprint density at radius 3 is 2.77 bits per heavy atom. The highest BCUT2D eigenvalue weighted by Crippen LogP contribution is 2.35. The molecular weight excluding hydrogens is 411 g/mol. The van der Waals surface area contributed by atoms with Crippen LogP contribution in [0.2, 0.25) is 5.02 Å². The number of hydrogen-bond acceptors (Lipinski definition) is 5. The van der Waals surface area contributed by atoms with Gasteiger partial charge in [-0.1, -0.05) is 11.6 Å². The molecule has 3 aromatic rings. The summed E-state index contributed by atoms with van der Waals surface area (Å²) >= 11 is 6.04. The third-order valence-corrected chi connectivity index (χ3v) is 5.27. The van der Waals surface area contributed by atoms with E-state index in [4.69, 9.17) is 11.6 Å². The van der Waals surface area contributed by atoms with Crippen molar-refractivity contribution < 1.29 is 14.3 Å². The third-order valence-electron chi connectivity index (χ3n) is 5.04. The Labute approximate surface area is 176 Å². The topological polar surface area (TPSA) is 87.5 Å². The van der Waals surface area contributed by atoms with Crippen molar-refractivity contribution in [3.63, 3.8) is 0 Å². The first-order chi connectivity index (χ1) is 14.4. The molecule has 7 nitrogen and oxygen atoms in total. The normalized spacial score (nSPS) is 13.1. The monoisotopic (exact) mass is 428 g/mol. The molecule has 1 aliphatic heterocycles. The van der Waals surface area contributed by atoms with Gasteiger partial charge in [0.2, 0.25) is 0 Å². The number of anilines is 3. The van der Waals surface area contributed by atoms with Crippen molar-refractivity contribution in [2.75, 3.05) is 23.8 Å². The second kappa shape index (κ2) is 7.79. The molecule has 2 N–H and O–H groups in total. The molecule has 154 valence electrons. The van der Waals surface area contributed by atoms with Gasteiger partial charge in [0.25, 0.3) is 5.56 Å². The molecule has 1 aliphatic rings. The van der Waals surface area contributed by atoms with Crippen molar-refractivity contribution in [1.29, 1.82) is 0 Å². The number of pyridine rings is 2. The summed E-state index contributed by atoms with van der Waals surface area (Å²) in [6.45, 7) is 1.19. The van der Waals surface area contributed by atoms with Crippen LogP contribution < -0.4 is 15.8 Å². The number of aromatic carboxylic acids is 1. The molecule has 0 fully saturated rings. The SMILES string of the molecule is CN1CCCn2c1c(Nc1ccncc1C(=O)O)cc(-c1cc(Cl)ccc1F)c2=O. The lowest BCUT2D eigenvalue weighted by Gasteiger charge is -2.31. The van der Waals surface area contributed by atoms with Gasteiger partial charge in [-0.05, 0) is 36.8 Å². The number of halogens is 2. The second-order valence-corrected chi connectivity index (χ2v) is 7.44. The van der Waals surface area contributed by atoms with Gasteiger partial charge in [0.05, 0.1) is 16.9 Å². The van der Waals surface area contributed by atoms with Crippen LogP contribution in [-0.2, 0) is 6.54 Å². The molecule has 0 atom stereocenters. The van der Waals surface area contributed by atoms with E-state index in [-0.39, 0.29) is 22.2 Å². The van der Waals surface area contributed by atoms with Gasteiger partial charge in [-0.15, -0.1) is 0 Å². The van der Waals surface area contributed by atoms with Gasteiger partial charge in [-0.25, -0.2) is 9.18 Å². The minimum Gasteiger partial charge on any atom is -0.478 e. The summed E-state index contributed by atoms with van der Waals surface area (Å²) in [5, 5.41) is 12.9. The van der Waals surface area contributed by atoms with Gasteiger partial charge in [-0.3, -0.25) is 14.3 Å². The predicted molar refractivity (Wildman–Crippen MR) is 113 cm³/mol. The van der Waals surface area contributed by atoms with Crippen LogP contribution >= 0.6 is 11.6 Å². The fourth-order valence-corrected chi connectivity index (χ4v) is 3.83. The van der Waals surface area contributed by atoms with E-state index >= 15 is 0 Å². The highest BCUT2D eigenvalue weighted by molar-refractivity contribution is 6.30. The van der Waals surface area contributed by atoms with Crippen molar-refractivity contribution >= 4 is 34.8 Å². The van der Waals surface area contributed by atoms with Crippen molar-refractivity contribution in [3.8, 4) is 11.1 Å². The highest BCUT2D eigenvalue weighted by atomic mass is 35.5. The van der Waals surface area contributed by atoms with Crippen LogP contribution in [0.3, 0.4) is 0 Å². The number of carboxylic acids is 1. The van der Waals surface area contributed by atoms with Crippen LogP contribution in [0.5, 0.6) is 0 Å². The lowest BCUT2D eigenvalue weighted by atomic mass is 10.0. The second-order valence-electron chi connectivity index (χ2n) is 7.00. The summed E-state index contributed by atoms with van der Waals surface area (Å²) in [4.78, 5) is 30.5. The zero-order valence-corrected chi connectivity index (χ0v) is 16.8. The van der Waals surface area contributed by atoms with E-state index in [2.05, 4.69) is 10.3 Å². The number of rotatable bonds is 4. The van der Waals surface area contributed by atoms with E-state index in [0.29, 0.717) is 28.8 Å². The molecule has 2 aromatic heterocycles. The fourth-order valence-electron chi connectivity index (χ4n) is 3.66. The first kappa shape index (κ1) is 19.9. The smallest absolute Gasteiger partial charge is 0.339 e. The van der Waals surface area contributed by atoms with E-state index < -0.39 is 11.8 Å². The molecule has 9 heteroatoms. The summed E-state index contributed by atoms with van der Waals surface area (Å²) in [5.74, 6) is -1.10. The fraction of sp³-hybridized carbons (Fsp3) is 0.190. The van der Waals surface area contributed by atoms with Crippen molar-refractivity contribution in [1.82, 2.24) is 9.55 Å². The number of aromatic nitrogens is 2. The van der Waals surface area contributed by atoms with Gasteiger partial charge >= 0.3 is 5.97 Å². The van der Waals surface area contributed by atoms with Gasteiger partial charge < -0.3 is 15.3 Å². The minimum atomic E-state index is -1.14. The number of carboxylic acid groups (broad SMARTS) is 1.